The fraction of sp³-hybridized carbons (Fsp3) is 0.250. The quantitative estimate of drug-likeness (QED) is 0.883. The first-order valence-electron chi connectivity index (χ1n) is 5.07. The number of hydrogen-bond acceptors (Lipinski definition) is 4. The van der Waals surface area contributed by atoms with E-state index in [1.807, 2.05) is 30.5 Å². The Bertz CT molecular complexity index is 442. The number of rotatable bonds is 4. The topological polar surface area (TPSA) is 48.1 Å². The van der Waals surface area contributed by atoms with Crippen LogP contribution in [0.3, 0.4) is 0 Å². The van der Waals surface area contributed by atoms with Crippen LogP contribution in [0.5, 0.6) is 5.75 Å². The average Bonchev–Trinajstić information content (AvgIpc) is 2.83. The van der Waals surface area contributed by atoms with E-state index in [-0.39, 0.29) is 6.04 Å². The van der Waals surface area contributed by atoms with Crippen LogP contribution >= 0.6 is 11.3 Å². The van der Waals surface area contributed by atoms with E-state index in [0.717, 1.165) is 22.6 Å². The summed E-state index contributed by atoms with van der Waals surface area (Å²) in [4.78, 5) is 5.14. The predicted octanol–water partition coefficient (Wildman–Crippen LogP) is 2.39. The van der Waals surface area contributed by atoms with Gasteiger partial charge in [-0.1, -0.05) is 18.2 Å². The normalized spacial score (nSPS) is 12.4. The molecule has 3 nitrogen and oxygen atoms in total. The van der Waals surface area contributed by atoms with Crippen molar-refractivity contribution < 1.29 is 4.74 Å². The minimum atomic E-state index is -0.0104. The summed E-state index contributed by atoms with van der Waals surface area (Å²) in [5, 5.41) is 0. The highest BCUT2D eigenvalue weighted by Gasteiger charge is 2.11. The van der Waals surface area contributed by atoms with Gasteiger partial charge >= 0.3 is 0 Å². The first-order chi connectivity index (χ1) is 7.81. The zero-order valence-electron chi connectivity index (χ0n) is 9.09. The maximum Gasteiger partial charge on any atom is 0.122 e. The van der Waals surface area contributed by atoms with E-state index in [4.69, 9.17) is 10.5 Å². The Balaban J connectivity index is 2.14. The molecule has 0 amide bonds. The summed E-state index contributed by atoms with van der Waals surface area (Å²) >= 11 is 1.59. The second-order valence-corrected chi connectivity index (χ2v) is 4.44. The van der Waals surface area contributed by atoms with Gasteiger partial charge in [0.2, 0.25) is 0 Å². The van der Waals surface area contributed by atoms with Crippen LogP contribution in [0.4, 0.5) is 0 Å². The molecule has 0 spiro atoms. The third-order valence-corrected chi connectivity index (χ3v) is 3.36. The molecule has 0 fully saturated rings. The lowest BCUT2D eigenvalue weighted by molar-refractivity contribution is 0.408. The number of ether oxygens (including phenoxy) is 1. The standard InChI is InChI=1S/C12H14N2OS/c1-15-11-5-3-2-4-9(11)6-10(13)12-7-14-8-16-12/h2-5,7-8,10H,6,13H2,1H3. The SMILES string of the molecule is COc1ccccc1CC(N)c1cncs1. The highest BCUT2D eigenvalue weighted by Crippen LogP contribution is 2.24. The van der Waals surface area contributed by atoms with E-state index in [2.05, 4.69) is 4.98 Å². The molecular weight excluding hydrogens is 220 g/mol. The Morgan fingerprint density at radius 1 is 1.44 bits per heavy atom. The molecule has 2 rings (SSSR count). The zero-order valence-corrected chi connectivity index (χ0v) is 9.91. The molecule has 0 bridgehead atoms. The molecule has 4 heteroatoms. The van der Waals surface area contributed by atoms with Crippen molar-refractivity contribution in [2.45, 2.75) is 12.5 Å². The highest BCUT2D eigenvalue weighted by molar-refractivity contribution is 7.09. The van der Waals surface area contributed by atoms with Crippen molar-refractivity contribution in [3.8, 4) is 5.75 Å². The summed E-state index contributed by atoms with van der Waals surface area (Å²) in [7, 11) is 1.68. The molecule has 0 aliphatic heterocycles. The van der Waals surface area contributed by atoms with Crippen molar-refractivity contribution in [2.24, 2.45) is 5.73 Å². The molecule has 1 atom stereocenters. The molecule has 0 radical (unpaired) electrons. The fourth-order valence-electron chi connectivity index (χ4n) is 1.62. The summed E-state index contributed by atoms with van der Waals surface area (Å²) in [5.41, 5.74) is 9.04. The lowest BCUT2D eigenvalue weighted by Crippen LogP contribution is -2.12. The van der Waals surface area contributed by atoms with Gasteiger partial charge in [0.1, 0.15) is 5.75 Å². The summed E-state index contributed by atoms with van der Waals surface area (Å²) in [6.45, 7) is 0. The van der Waals surface area contributed by atoms with Crippen LogP contribution in [0, 0.1) is 0 Å². The molecule has 1 unspecified atom stereocenters. The van der Waals surface area contributed by atoms with E-state index in [1.54, 1.807) is 24.0 Å². The number of methoxy groups -OCH3 is 1. The van der Waals surface area contributed by atoms with Gasteiger partial charge in [0.25, 0.3) is 0 Å². The van der Waals surface area contributed by atoms with Crippen molar-refractivity contribution in [1.82, 2.24) is 4.98 Å². The zero-order chi connectivity index (χ0) is 11.4. The lowest BCUT2D eigenvalue weighted by Gasteiger charge is -2.12. The van der Waals surface area contributed by atoms with Gasteiger partial charge in [-0.2, -0.15) is 0 Å². The molecule has 1 heterocycles. The number of nitrogens with zero attached hydrogens (tertiary/aromatic N) is 1. The number of benzene rings is 1. The van der Waals surface area contributed by atoms with Crippen molar-refractivity contribution in [3.63, 3.8) is 0 Å². The summed E-state index contributed by atoms with van der Waals surface area (Å²) in [6.07, 6.45) is 2.59. The molecule has 84 valence electrons. The van der Waals surface area contributed by atoms with Crippen molar-refractivity contribution in [3.05, 3.63) is 46.4 Å². The minimum Gasteiger partial charge on any atom is -0.496 e. The minimum absolute atomic E-state index is 0.0104. The molecule has 2 N–H and O–H groups in total. The number of para-hydroxylation sites is 1. The van der Waals surface area contributed by atoms with Gasteiger partial charge in [0.15, 0.2) is 0 Å². The van der Waals surface area contributed by atoms with E-state index in [1.165, 1.54) is 0 Å². The second kappa shape index (κ2) is 5.09. The fourth-order valence-corrected chi connectivity index (χ4v) is 2.24. The first kappa shape index (κ1) is 11.1. The average molecular weight is 234 g/mol. The third kappa shape index (κ3) is 2.40. The van der Waals surface area contributed by atoms with E-state index in [0.29, 0.717) is 0 Å². The number of aromatic nitrogens is 1. The van der Waals surface area contributed by atoms with Crippen LogP contribution in [-0.2, 0) is 6.42 Å². The van der Waals surface area contributed by atoms with Crippen molar-refractivity contribution in [2.75, 3.05) is 7.11 Å². The van der Waals surface area contributed by atoms with E-state index >= 15 is 0 Å². The van der Waals surface area contributed by atoms with Gasteiger partial charge in [0.05, 0.1) is 12.6 Å². The van der Waals surface area contributed by atoms with Gasteiger partial charge in [0, 0.05) is 17.1 Å². The van der Waals surface area contributed by atoms with Crippen LogP contribution < -0.4 is 10.5 Å². The smallest absolute Gasteiger partial charge is 0.122 e. The predicted molar refractivity (Wildman–Crippen MR) is 65.7 cm³/mol. The van der Waals surface area contributed by atoms with Gasteiger partial charge in [-0.3, -0.25) is 4.98 Å². The van der Waals surface area contributed by atoms with Crippen LogP contribution in [0.2, 0.25) is 0 Å². The number of thiazole rings is 1. The molecule has 2 aromatic rings. The van der Waals surface area contributed by atoms with Crippen molar-refractivity contribution >= 4 is 11.3 Å². The van der Waals surface area contributed by atoms with Crippen LogP contribution in [-0.4, -0.2) is 12.1 Å². The van der Waals surface area contributed by atoms with Gasteiger partial charge in [-0.05, 0) is 18.1 Å². The molecular formula is C12H14N2OS. The largest absolute Gasteiger partial charge is 0.496 e. The van der Waals surface area contributed by atoms with Gasteiger partial charge in [-0.25, -0.2) is 0 Å². The number of nitrogens with two attached hydrogens (primary N) is 1. The second-order valence-electron chi connectivity index (χ2n) is 3.53. The Hall–Kier alpha value is -1.39. The Morgan fingerprint density at radius 2 is 2.25 bits per heavy atom. The monoisotopic (exact) mass is 234 g/mol. The third-order valence-electron chi connectivity index (χ3n) is 2.45. The highest BCUT2D eigenvalue weighted by atomic mass is 32.1. The Morgan fingerprint density at radius 3 is 2.94 bits per heavy atom. The summed E-state index contributed by atoms with van der Waals surface area (Å²) in [6, 6.07) is 7.94. The Kier molecular flexibility index (Phi) is 3.54. The molecule has 1 aromatic heterocycles. The maximum atomic E-state index is 6.11. The molecule has 16 heavy (non-hydrogen) atoms. The Labute approximate surface area is 98.9 Å². The molecule has 0 saturated heterocycles. The summed E-state index contributed by atoms with van der Waals surface area (Å²) in [5.74, 6) is 0.891. The lowest BCUT2D eigenvalue weighted by atomic mass is 10.0. The number of hydrogen-bond donors (Lipinski definition) is 1. The molecule has 0 aliphatic carbocycles. The van der Waals surface area contributed by atoms with Crippen LogP contribution in [0.1, 0.15) is 16.5 Å². The molecule has 0 saturated carbocycles. The van der Waals surface area contributed by atoms with Crippen molar-refractivity contribution in [1.29, 1.82) is 0 Å². The maximum absolute atomic E-state index is 6.11. The van der Waals surface area contributed by atoms with Gasteiger partial charge < -0.3 is 10.5 Å². The van der Waals surface area contributed by atoms with Crippen LogP contribution in [0.15, 0.2) is 36.0 Å². The van der Waals surface area contributed by atoms with E-state index < -0.39 is 0 Å². The van der Waals surface area contributed by atoms with E-state index in [9.17, 15) is 0 Å². The van der Waals surface area contributed by atoms with Crippen LogP contribution in [0.25, 0.3) is 0 Å². The van der Waals surface area contributed by atoms with Gasteiger partial charge in [-0.15, -0.1) is 11.3 Å². The molecule has 1 aromatic carbocycles. The first-order valence-corrected chi connectivity index (χ1v) is 5.95. The summed E-state index contributed by atoms with van der Waals surface area (Å²) < 4.78 is 5.30. The molecule has 0 aliphatic rings.